The lowest BCUT2D eigenvalue weighted by Crippen LogP contribution is -2.19. The van der Waals surface area contributed by atoms with Crippen LogP contribution in [0.1, 0.15) is 10.5 Å². The number of aromatic nitrogens is 1. The number of benzene rings is 1. The summed E-state index contributed by atoms with van der Waals surface area (Å²) in [6.45, 7) is -0.236. The lowest BCUT2D eigenvalue weighted by Gasteiger charge is -2.10. The Morgan fingerprint density at radius 3 is 2.70 bits per heavy atom. The molecule has 0 aliphatic heterocycles. The lowest BCUT2D eigenvalue weighted by atomic mass is 10.3. The highest BCUT2D eigenvalue weighted by molar-refractivity contribution is 7.98. The normalized spacial score (nSPS) is 10.2. The van der Waals surface area contributed by atoms with Crippen molar-refractivity contribution in [3.05, 3.63) is 48.3 Å². The molecule has 0 spiro atoms. The number of carbonyl (C=O) groups excluding carboxylic acids is 1. The molecule has 0 aliphatic carbocycles. The van der Waals surface area contributed by atoms with Crippen LogP contribution in [0.4, 0.5) is 5.69 Å². The molecule has 5 nitrogen and oxygen atoms in total. The van der Waals surface area contributed by atoms with Crippen LogP contribution in [0, 0.1) is 0 Å². The predicted molar refractivity (Wildman–Crippen MR) is 78.2 cm³/mol. The second-order valence-electron chi connectivity index (χ2n) is 4.07. The minimum absolute atomic E-state index is 0.236. The van der Waals surface area contributed by atoms with E-state index in [0.29, 0.717) is 11.4 Å². The molecule has 104 valence electrons. The Labute approximate surface area is 120 Å². The van der Waals surface area contributed by atoms with Gasteiger partial charge in [0.1, 0.15) is 12.2 Å². The topological polar surface area (TPSA) is 71.3 Å². The van der Waals surface area contributed by atoms with Crippen LogP contribution >= 0.6 is 11.8 Å². The van der Waals surface area contributed by atoms with Crippen LogP contribution in [0.3, 0.4) is 0 Å². The van der Waals surface area contributed by atoms with Crippen LogP contribution in [0.15, 0.2) is 47.5 Å². The summed E-state index contributed by atoms with van der Waals surface area (Å²) < 4.78 is 1.40. The molecular formula is C14H14N2O3S. The van der Waals surface area contributed by atoms with Gasteiger partial charge in [0.05, 0.1) is 5.69 Å². The lowest BCUT2D eigenvalue weighted by molar-refractivity contribution is -0.137. The molecule has 0 bridgehead atoms. The van der Waals surface area contributed by atoms with Gasteiger partial charge in [0, 0.05) is 11.1 Å². The number of aliphatic carboxylic acids is 1. The van der Waals surface area contributed by atoms with Gasteiger partial charge in [-0.1, -0.05) is 12.1 Å². The van der Waals surface area contributed by atoms with E-state index in [1.807, 2.05) is 30.5 Å². The number of carboxylic acid groups (broad SMARTS) is 1. The zero-order chi connectivity index (χ0) is 14.5. The molecule has 2 aromatic rings. The van der Waals surface area contributed by atoms with Gasteiger partial charge in [-0.05, 0) is 30.5 Å². The molecular weight excluding hydrogens is 276 g/mol. The van der Waals surface area contributed by atoms with Crippen LogP contribution in [0.2, 0.25) is 0 Å². The Morgan fingerprint density at radius 2 is 2.00 bits per heavy atom. The van der Waals surface area contributed by atoms with Crippen LogP contribution in [0.5, 0.6) is 0 Å². The van der Waals surface area contributed by atoms with Gasteiger partial charge in [0.2, 0.25) is 0 Å². The zero-order valence-corrected chi connectivity index (χ0v) is 11.7. The van der Waals surface area contributed by atoms with Crippen LogP contribution in [-0.2, 0) is 11.3 Å². The van der Waals surface area contributed by atoms with Gasteiger partial charge in [0.15, 0.2) is 0 Å². The number of rotatable bonds is 5. The van der Waals surface area contributed by atoms with Crippen molar-refractivity contribution in [2.24, 2.45) is 0 Å². The molecule has 1 aromatic carbocycles. The molecule has 0 fully saturated rings. The standard InChI is InChI=1S/C14H14N2O3S/c1-20-12-7-3-2-5-10(12)15-14(19)11-6-4-8-16(11)9-13(17)18/h2-8H,9H2,1H3,(H,15,19)(H,17,18). The highest BCUT2D eigenvalue weighted by Gasteiger charge is 2.14. The molecule has 6 heteroatoms. The number of nitrogens with one attached hydrogen (secondary N) is 1. The highest BCUT2D eigenvalue weighted by atomic mass is 32.2. The number of thioether (sulfide) groups is 1. The maximum atomic E-state index is 12.2. The van der Waals surface area contributed by atoms with E-state index in [1.54, 1.807) is 18.3 Å². The first-order valence-electron chi connectivity index (χ1n) is 5.93. The smallest absolute Gasteiger partial charge is 0.323 e. The number of amides is 1. The Bertz CT molecular complexity index is 637. The van der Waals surface area contributed by atoms with E-state index in [-0.39, 0.29) is 12.5 Å². The summed E-state index contributed by atoms with van der Waals surface area (Å²) in [6.07, 6.45) is 3.50. The van der Waals surface area contributed by atoms with Gasteiger partial charge in [-0.15, -0.1) is 11.8 Å². The summed E-state index contributed by atoms with van der Waals surface area (Å²) in [5.41, 5.74) is 1.04. The molecule has 0 unspecified atom stereocenters. The fourth-order valence-corrected chi connectivity index (χ4v) is 2.39. The molecule has 20 heavy (non-hydrogen) atoms. The van der Waals surface area contributed by atoms with Crippen LogP contribution in [-0.4, -0.2) is 27.8 Å². The molecule has 1 amide bonds. The van der Waals surface area contributed by atoms with Crippen molar-refractivity contribution < 1.29 is 14.7 Å². The summed E-state index contributed by atoms with van der Waals surface area (Å²) in [4.78, 5) is 23.9. The number of hydrogen-bond acceptors (Lipinski definition) is 3. The van der Waals surface area contributed by atoms with Crippen LogP contribution in [0.25, 0.3) is 0 Å². The Kier molecular flexibility index (Phi) is 4.47. The number of anilines is 1. The molecule has 0 radical (unpaired) electrons. The second-order valence-corrected chi connectivity index (χ2v) is 4.92. The van der Waals surface area contributed by atoms with Crippen molar-refractivity contribution in [3.8, 4) is 0 Å². The quantitative estimate of drug-likeness (QED) is 0.830. The van der Waals surface area contributed by atoms with E-state index in [4.69, 9.17) is 5.11 Å². The molecule has 1 aromatic heterocycles. The average Bonchev–Trinajstić information content (AvgIpc) is 2.86. The number of carboxylic acids is 1. The third kappa shape index (κ3) is 3.21. The SMILES string of the molecule is CSc1ccccc1NC(=O)c1cccn1CC(=O)O. The van der Waals surface area contributed by atoms with Crippen molar-refractivity contribution in [3.63, 3.8) is 0 Å². The predicted octanol–water partition coefficient (Wildman–Crippen LogP) is 2.55. The third-order valence-electron chi connectivity index (χ3n) is 2.72. The van der Waals surface area contributed by atoms with E-state index in [2.05, 4.69) is 5.32 Å². The third-order valence-corrected chi connectivity index (χ3v) is 3.52. The van der Waals surface area contributed by atoms with E-state index < -0.39 is 5.97 Å². The molecule has 0 saturated carbocycles. The van der Waals surface area contributed by atoms with Crippen molar-refractivity contribution in [1.82, 2.24) is 4.57 Å². The monoisotopic (exact) mass is 290 g/mol. The first kappa shape index (κ1) is 14.2. The molecule has 2 rings (SSSR count). The van der Waals surface area contributed by atoms with E-state index in [0.717, 1.165) is 4.90 Å². The number of para-hydroxylation sites is 1. The summed E-state index contributed by atoms with van der Waals surface area (Å²) in [5, 5.41) is 11.6. The fraction of sp³-hybridized carbons (Fsp3) is 0.143. The van der Waals surface area contributed by atoms with Crippen molar-refractivity contribution in [1.29, 1.82) is 0 Å². The van der Waals surface area contributed by atoms with Gasteiger partial charge >= 0.3 is 5.97 Å². The summed E-state index contributed by atoms with van der Waals surface area (Å²) in [5.74, 6) is -1.31. The Morgan fingerprint density at radius 1 is 1.25 bits per heavy atom. The summed E-state index contributed by atoms with van der Waals surface area (Å²) >= 11 is 1.53. The second kappa shape index (κ2) is 6.29. The highest BCUT2D eigenvalue weighted by Crippen LogP contribution is 2.25. The van der Waals surface area contributed by atoms with E-state index in [9.17, 15) is 9.59 Å². The molecule has 2 N–H and O–H groups in total. The van der Waals surface area contributed by atoms with Gasteiger partial charge in [-0.3, -0.25) is 9.59 Å². The average molecular weight is 290 g/mol. The molecule has 0 saturated heterocycles. The van der Waals surface area contributed by atoms with E-state index in [1.165, 1.54) is 16.3 Å². The molecule has 0 aliphatic rings. The fourth-order valence-electron chi connectivity index (χ4n) is 1.84. The van der Waals surface area contributed by atoms with Crippen molar-refractivity contribution in [2.45, 2.75) is 11.4 Å². The van der Waals surface area contributed by atoms with Gasteiger partial charge in [0.25, 0.3) is 5.91 Å². The Hall–Kier alpha value is -2.21. The minimum Gasteiger partial charge on any atom is -0.480 e. The maximum Gasteiger partial charge on any atom is 0.323 e. The number of hydrogen-bond donors (Lipinski definition) is 2. The molecule has 0 atom stereocenters. The summed E-state index contributed by atoms with van der Waals surface area (Å²) in [7, 11) is 0. The number of carbonyl (C=O) groups is 2. The van der Waals surface area contributed by atoms with E-state index >= 15 is 0 Å². The van der Waals surface area contributed by atoms with Gasteiger partial charge in [-0.25, -0.2) is 0 Å². The van der Waals surface area contributed by atoms with Crippen molar-refractivity contribution in [2.75, 3.05) is 11.6 Å². The van der Waals surface area contributed by atoms with Crippen molar-refractivity contribution >= 4 is 29.3 Å². The first-order valence-corrected chi connectivity index (χ1v) is 7.15. The summed E-state index contributed by atoms with van der Waals surface area (Å²) in [6, 6.07) is 10.7. The number of nitrogens with zero attached hydrogens (tertiary/aromatic N) is 1. The van der Waals surface area contributed by atoms with Gasteiger partial charge in [-0.2, -0.15) is 0 Å². The maximum absolute atomic E-state index is 12.2. The largest absolute Gasteiger partial charge is 0.480 e. The first-order chi connectivity index (χ1) is 9.61. The molecule has 1 heterocycles. The van der Waals surface area contributed by atoms with Gasteiger partial charge < -0.3 is 15.0 Å². The van der Waals surface area contributed by atoms with Crippen LogP contribution < -0.4 is 5.32 Å². The zero-order valence-electron chi connectivity index (χ0n) is 10.9. The minimum atomic E-state index is -0.986. The Balaban J connectivity index is 2.20.